The summed E-state index contributed by atoms with van der Waals surface area (Å²) in [4.78, 5) is 9.65. The summed E-state index contributed by atoms with van der Waals surface area (Å²) in [6.07, 6.45) is 0. The van der Waals surface area contributed by atoms with Crippen LogP contribution >= 0.6 is 0 Å². The highest BCUT2D eigenvalue weighted by Gasteiger charge is 2.21. The van der Waals surface area contributed by atoms with E-state index < -0.39 is 0 Å². The van der Waals surface area contributed by atoms with Gasteiger partial charge in [-0.1, -0.05) is 192 Å². The monoisotopic (exact) mass is 741 g/mol. The van der Waals surface area contributed by atoms with Gasteiger partial charge in [-0.25, -0.2) is 0 Å². The minimum absolute atomic E-state index is 0.665. The van der Waals surface area contributed by atoms with Gasteiger partial charge < -0.3 is 19.6 Å². The minimum atomic E-state index is 0.665. The maximum absolute atomic E-state index is 2.45. The van der Waals surface area contributed by atoms with E-state index in [0.29, 0.717) is 20.0 Å². The molecule has 0 spiro atoms. The fourth-order valence-electron chi connectivity index (χ4n) is 5.30. The fraction of sp³-hybridized carbons (Fsp3) is 0.294. The molecule has 0 saturated carbocycles. The Morgan fingerprint density at radius 3 is 0.564 bits per heavy atom. The van der Waals surface area contributed by atoms with E-state index in [2.05, 4.69) is 202 Å². The van der Waals surface area contributed by atoms with Gasteiger partial charge in [0.1, 0.15) is 0 Å². The largest absolute Gasteiger partial charge is 0.336 e. The molecule has 6 rings (SSSR count). The molecule has 296 valence electrons. The molecular weight excluding hydrogens is 669 g/mol. The highest BCUT2D eigenvalue weighted by molar-refractivity contribution is 5.67. The molecule has 4 heteroatoms. The predicted molar refractivity (Wildman–Crippen MR) is 251 cm³/mol. The van der Waals surface area contributed by atoms with Crippen LogP contribution in [0, 0.1) is 0 Å². The first-order chi connectivity index (χ1) is 27.3. The molecule has 4 nitrogen and oxygen atoms in total. The van der Waals surface area contributed by atoms with Crippen LogP contribution in [0.2, 0.25) is 0 Å². The summed E-state index contributed by atoms with van der Waals surface area (Å²) in [5.41, 5.74) is 6.91. The lowest BCUT2D eigenvalue weighted by molar-refractivity contribution is 0.717. The lowest BCUT2D eigenvalue weighted by Crippen LogP contribution is -2.46. The maximum atomic E-state index is 2.45. The summed E-state index contributed by atoms with van der Waals surface area (Å²) < 4.78 is 0. The van der Waals surface area contributed by atoms with Gasteiger partial charge in [-0.3, -0.25) is 0 Å². The average molecular weight is 741 g/mol. The summed E-state index contributed by atoms with van der Waals surface area (Å²) in [6.45, 7) is 26.0. The lowest BCUT2D eigenvalue weighted by atomic mass is 10.2. The number of para-hydroxylation sites is 6. The molecule has 0 unspecified atom stereocenters. The van der Waals surface area contributed by atoms with Crippen LogP contribution in [-0.4, -0.2) is 20.0 Å². The van der Waals surface area contributed by atoms with E-state index >= 15 is 0 Å². The van der Waals surface area contributed by atoms with E-state index in [0.717, 1.165) is 34.1 Å². The van der Waals surface area contributed by atoms with Gasteiger partial charge in [0, 0.05) is 34.1 Å². The fourth-order valence-corrected chi connectivity index (χ4v) is 5.30. The van der Waals surface area contributed by atoms with Crippen LogP contribution < -0.4 is 19.6 Å². The normalized spacial score (nSPS) is 8.95. The number of benzene rings is 6. The quantitative estimate of drug-likeness (QED) is 0.116. The van der Waals surface area contributed by atoms with Crippen molar-refractivity contribution in [3.8, 4) is 0 Å². The Labute approximate surface area is 337 Å². The third-order valence-corrected chi connectivity index (χ3v) is 7.48. The molecule has 0 saturated heterocycles. The molecule has 0 aliphatic heterocycles. The van der Waals surface area contributed by atoms with Crippen LogP contribution in [0.5, 0.6) is 0 Å². The van der Waals surface area contributed by atoms with Gasteiger partial charge in [0.25, 0.3) is 0 Å². The number of anilines is 6. The number of hydrogen-bond donors (Lipinski definition) is 0. The third-order valence-electron chi connectivity index (χ3n) is 7.48. The standard InChI is InChI=1S/C39H36N4.6C2H6/c1-7-19-34(20-8-1)40(32-42(36-23-11-3-12-24-36)37-25-13-4-14-26-37)31-41(35-21-9-2-10-22-35)33-43(38-27-15-5-16-28-38)39-29-17-6-18-30-39;6*1-2/h1-30H,31-33H2;6*1-2H3. The molecule has 0 heterocycles. The SMILES string of the molecule is CC.CC.CC.CC.CC.CC.c1ccc(N(CN(CN(c2ccccc2)c2ccccc2)c2ccccc2)CN(c2ccccc2)c2ccccc2)cc1. The topological polar surface area (TPSA) is 13.0 Å². The van der Waals surface area contributed by atoms with Crippen LogP contribution in [0.25, 0.3) is 0 Å². The first-order valence-electron chi connectivity index (χ1n) is 20.7. The maximum Gasteiger partial charge on any atom is 0.0968 e. The van der Waals surface area contributed by atoms with E-state index in [-0.39, 0.29) is 0 Å². The second-order valence-electron chi connectivity index (χ2n) is 10.4. The Morgan fingerprint density at radius 1 is 0.218 bits per heavy atom. The number of nitrogens with zero attached hydrogens (tertiary/aromatic N) is 4. The van der Waals surface area contributed by atoms with Crippen molar-refractivity contribution in [2.45, 2.75) is 83.1 Å². The average Bonchev–Trinajstić information content (AvgIpc) is 3.32. The highest BCUT2D eigenvalue weighted by atomic mass is 15.4. The molecule has 0 fully saturated rings. The smallest absolute Gasteiger partial charge is 0.0968 e. The van der Waals surface area contributed by atoms with Gasteiger partial charge in [0.2, 0.25) is 0 Å². The van der Waals surface area contributed by atoms with Crippen molar-refractivity contribution in [2.75, 3.05) is 39.6 Å². The van der Waals surface area contributed by atoms with Crippen molar-refractivity contribution < 1.29 is 0 Å². The summed E-state index contributed by atoms with van der Waals surface area (Å²) in [6, 6.07) is 63.9. The first-order valence-corrected chi connectivity index (χ1v) is 20.7. The van der Waals surface area contributed by atoms with E-state index in [1.807, 2.05) is 83.1 Å². The second kappa shape index (κ2) is 33.1. The van der Waals surface area contributed by atoms with Gasteiger partial charge in [-0.2, -0.15) is 0 Å². The minimum Gasteiger partial charge on any atom is -0.336 e. The van der Waals surface area contributed by atoms with E-state index in [4.69, 9.17) is 0 Å². The van der Waals surface area contributed by atoms with Crippen molar-refractivity contribution >= 4 is 34.1 Å². The molecule has 6 aromatic carbocycles. The lowest BCUT2D eigenvalue weighted by Gasteiger charge is -2.40. The van der Waals surface area contributed by atoms with Gasteiger partial charge >= 0.3 is 0 Å². The Morgan fingerprint density at radius 2 is 0.382 bits per heavy atom. The Balaban J connectivity index is 0.00000222. The molecule has 0 amide bonds. The van der Waals surface area contributed by atoms with Crippen molar-refractivity contribution in [3.05, 3.63) is 182 Å². The van der Waals surface area contributed by atoms with E-state index in [1.165, 1.54) is 0 Å². The van der Waals surface area contributed by atoms with E-state index in [9.17, 15) is 0 Å². The molecule has 0 atom stereocenters. The van der Waals surface area contributed by atoms with Crippen molar-refractivity contribution in [1.82, 2.24) is 0 Å². The zero-order valence-corrected chi connectivity index (χ0v) is 36.2. The zero-order valence-electron chi connectivity index (χ0n) is 36.2. The van der Waals surface area contributed by atoms with Gasteiger partial charge in [0.15, 0.2) is 0 Å². The van der Waals surface area contributed by atoms with Gasteiger partial charge in [-0.15, -0.1) is 0 Å². The summed E-state index contributed by atoms with van der Waals surface area (Å²) in [7, 11) is 0. The summed E-state index contributed by atoms with van der Waals surface area (Å²) in [5.74, 6) is 0. The molecule has 55 heavy (non-hydrogen) atoms. The van der Waals surface area contributed by atoms with Crippen molar-refractivity contribution in [1.29, 1.82) is 0 Å². The number of hydrogen-bond acceptors (Lipinski definition) is 4. The van der Waals surface area contributed by atoms with Crippen molar-refractivity contribution in [3.63, 3.8) is 0 Å². The van der Waals surface area contributed by atoms with Gasteiger partial charge in [-0.05, 0) is 72.8 Å². The second-order valence-corrected chi connectivity index (χ2v) is 10.4. The van der Waals surface area contributed by atoms with E-state index in [1.54, 1.807) is 0 Å². The Hall–Kier alpha value is -5.48. The molecule has 0 aliphatic carbocycles. The molecule has 0 aromatic heterocycles. The van der Waals surface area contributed by atoms with Crippen LogP contribution in [0.1, 0.15) is 83.1 Å². The third kappa shape index (κ3) is 17.0. The van der Waals surface area contributed by atoms with Crippen molar-refractivity contribution in [2.24, 2.45) is 0 Å². The molecule has 0 N–H and O–H groups in total. The molecule has 6 aromatic rings. The zero-order chi connectivity index (χ0) is 41.1. The van der Waals surface area contributed by atoms with Crippen LogP contribution in [0.15, 0.2) is 182 Å². The van der Waals surface area contributed by atoms with Crippen LogP contribution in [0.3, 0.4) is 0 Å². The summed E-state index contributed by atoms with van der Waals surface area (Å²) in [5, 5.41) is 0. The molecule has 0 aliphatic rings. The Bertz CT molecular complexity index is 1430. The first kappa shape index (κ1) is 49.5. The molecule has 0 bridgehead atoms. The van der Waals surface area contributed by atoms with Gasteiger partial charge in [0.05, 0.1) is 20.0 Å². The molecular formula is C51H72N4. The highest BCUT2D eigenvalue weighted by Crippen LogP contribution is 2.30. The summed E-state index contributed by atoms with van der Waals surface area (Å²) >= 11 is 0. The predicted octanol–water partition coefficient (Wildman–Crippen LogP) is 15.7. The van der Waals surface area contributed by atoms with Crippen LogP contribution in [-0.2, 0) is 0 Å². The number of rotatable bonds is 12. The van der Waals surface area contributed by atoms with Crippen LogP contribution in [0.4, 0.5) is 34.1 Å². The Kier molecular flexibility index (Phi) is 29.8. The molecule has 0 radical (unpaired) electrons.